The molecule has 2 aliphatic heterocycles. The Balaban J connectivity index is 1.26. The van der Waals surface area contributed by atoms with Gasteiger partial charge >= 0.3 is 0 Å². The minimum atomic E-state index is 0.0264. The third kappa shape index (κ3) is 4.42. The summed E-state index contributed by atoms with van der Waals surface area (Å²) in [7, 11) is 0. The lowest BCUT2D eigenvalue weighted by Crippen LogP contribution is -2.39. The van der Waals surface area contributed by atoms with Gasteiger partial charge in [-0.1, -0.05) is 30.3 Å². The van der Waals surface area contributed by atoms with E-state index in [1.807, 2.05) is 19.1 Å². The second kappa shape index (κ2) is 8.01. The van der Waals surface area contributed by atoms with Crippen LogP contribution in [0.3, 0.4) is 0 Å². The molecule has 0 radical (unpaired) electrons. The van der Waals surface area contributed by atoms with E-state index in [0.29, 0.717) is 18.2 Å². The van der Waals surface area contributed by atoms with Crippen molar-refractivity contribution in [3.05, 3.63) is 53.6 Å². The number of ether oxygens (including phenoxy) is 2. The maximum Gasteiger partial charge on any atom is 0.238 e. The lowest BCUT2D eigenvalue weighted by atomic mass is 9.90. The van der Waals surface area contributed by atoms with Crippen molar-refractivity contribution < 1.29 is 14.3 Å². The Morgan fingerprint density at radius 3 is 2.56 bits per heavy atom. The maximum atomic E-state index is 12.5. The van der Waals surface area contributed by atoms with Crippen LogP contribution in [0.4, 0.5) is 5.69 Å². The van der Waals surface area contributed by atoms with E-state index in [4.69, 9.17) is 9.47 Å². The second-order valence-corrected chi connectivity index (χ2v) is 7.48. The van der Waals surface area contributed by atoms with Crippen LogP contribution in [0.1, 0.15) is 24.0 Å². The van der Waals surface area contributed by atoms with Crippen LogP contribution in [0.25, 0.3) is 0 Å². The summed E-state index contributed by atoms with van der Waals surface area (Å²) >= 11 is 0. The number of fused-ring (bicyclic) bond motifs is 1. The molecule has 1 saturated heterocycles. The van der Waals surface area contributed by atoms with Crippen molar-refractivity contribution >= 4 is 11.6 Å². The van der Waals surface area contributed by atoms with Crippen molar-refractivity contribution in [2.75, 3.05) is 31.7 Å². The molecule has 2 aromatic carbocycles. The number of nitrogens with zero attached hydrogens (tertiary/aromatic N) is 1. The summed E-state index contributed by atoms with van der Waals surface area (Å²) in [5, 5.41) is 3.02. The molecule has 27 heavy (non-hydrogen) atoms. The first-order valence-electron chi connectivity index (χ1n) is 9.64. The van der Waals surface area contributed by atoms with E-state index in [9.17, 15) is 4.79 Å². The summed E-state index contributed by atoms with van der Waals surface area (Å²) in [6.07, 6.45) is 3.42. The molecule has 0 aliphatic carbocycles. The molecular weight excluding hydrogens is 340 g/mol. The van der Waals surface area contributed by atoms with Gasteiger partial charge in [0.15, 0.2) is 11.5 Å². The normalized spacial score (nSPS) is 17.1. The van der Waals surface area contributed by atoms with Gasteiger partial charge in [0.2, 0.25) is 12.7 Å². The molecule has 5 nitrogen and oxygen atoms in total. The number of carbonyl (C=O) groups excluding carboxylic acids is 1. The standard InChI is InChI=1S/C22H26N2O3/c1-16-11-20-21(27-15-26-20)13-19(16)23-22(25)14-24-9-7-18(8-10-24)12-17-5-3-2-4-6-17/h2-6,11,13,18H,7-10,12,14-15H2,1H3,(H,23,25). The molecule has 1 N–H and O–H groups in total. The lowest BCUT2D eigenvalue weighted by molar-refractivity contribution is -0.117. The van der Waals surface area contributed by atoms with Crippen LogP contribution in [0, 0.1) is 12.8 Å². The topological polar surface area (TPSA) is 50.8 Å². The van der Waals surface area contributed by atoms with Gasteiger partial charge in [0.1, 0.15) is 0 Å². The molecule has 1 fully saturated rings. The van der Waals surface area contributed by atoms with Gasteiger partial charge in [-0.3, -0.25) is 9.69 Å². The number of aryl methyl sites for hydroxylation is 1. The molecule has 0 saturated carbocycles. The van der Waals surface area contributed by atoms with Gasteiger partial charge in [0.25, 0.3) is 0 Å². The van der Waals surface area contributed by atoms with E-state index in [-0.39, 0.29) is 12.7 Å². The number of anilines is 1. The predicted octanol–water partition coefficient (Wildman–Crippen LogP) is 3.62. The Morgan fingerprint density at radius 1 is 1.11 bits per heavy atom. The Labute approximate surface area is 160 Å². The second-order valence-electron chi connectivity index (χ2n) is 7.48. The third-order valence-corrected chi connectivity index (χ3v) is 5.44. The van der Waals surface area contributed by atoms with E-state index in [1.54, 1.807) is 0 Å². The highest BCUT2D eigenvalue weighted by Gasteiger charge is 2.22. The maximum absolute atomic E-state index is 12.5. The first kappa shape index (κ1) is 17.9. The number of hydrogen-bond donors (Lipinski definition) is 1. The highest BCUT2D eigenvalue weighted by Crippen LogP contribution is 2.36. The van der Waals surface area contributed by atoms with E-state index < -0.39 is 0 Å². The number of nitrogens with one attached hydrogen (secondary N) is 1. The zero-order chi connectivity index (χ0) is 18.6. The molecule has 2 heterocycles. The Morgan fingerprint density at radius 2 is 1.81 bits per heavy atom. The van der Waals surface area contributed by atoms with Crippen LogP contribution in [-0.2, 0) is 11.2 Å². The predicted molar refractivity (Wildman–Crippen MR) is 105 cm³/mol. The van der Waals surface area contributed by atoms with E-state index >= 15 is 0 Å². The lowest BCUT2D eigenvalue weighted by Gasteiger charge is -2.31. The molecular formula is C22H26N2O3. The number of likely N-dealkylation sites (tertiary alicyclic amines) is 1. The van der Waals surface area contributed by atoms with E-state index in [2.05, 4.69) is 40.5 Å². The Kier molecular flexibility index (Phi) is 5.30. The molecule has 0 bridgehead atoms. The minimum absolute atomic E-state index is 0.0264. The fourth-order valence-electron chi connectivity index (χ4n) is 3.87. The number of amides is 1. The average Bonchev–Trinajstić information content (AvgIpc) is 3.11. The van der Waals surface area contributed by atoms with Gasteiger partial charge in [-0.15, -0.1) is 0 Å². The number of piperidine rings is 1. The molecule has 0 unspecified atom stereocenters. The smallest absolute Gasteiger partial charge is 0.238 e. The number of rotatable bonds is 5. The summed E-state index contributed by atoms with van der Waals surface area (Å²) in [5.41, 5.74) is 3.18. The van der Waals surface area contributed by atoms with Crippen LogP contribution < -0.4 is 14.8 Å². The van der Waals surface area contributed by atoms with Crippen molar-refractivity contribution in [1.82, 2.24) is 4.90 Å². The van der Waals surface area contributed by atoms with Crippen LogP contribution in [0.15, 0.2) is 42.5 Å². The van der Waals surface area contributed by atoms with Crippen LogP contribution >= 0.6 is 0 Å². The number of benzene rings is 2. The van der Waals surface area contributed by atoms with Gasteiger partial charge in [-0.25, -0.2) is 0 Å². The zero-order valence-electron chi connectivity index (χ0n) is 15.7. The molecule has 1 amide bonds. The number of hydrogen-bond acceptors (Lipinski definition) is 4. The first-order chi connectivity index (χ1) is 13.2. The van der Waals surface area contributed by atoms with Crippen molar-refractivity contribution in [1.29, 1.82) is 0 Å². The number of carbonyl (C=O) groups is 1. The molecule has 2 aromatic rings. The third-order valence-electron chi connectivity index (χ3n) is 5.44. The molecule has 0 atom stereocenters. The van der Waals surface area contributed by atoms with Crippen molar-refractivity contribution in [3.63, 3.8) is 0 Å². The summed E-state index contributed by atoms with van der Waals surface area (Å²) in [6.45, 7) is 4.60. The quantitative estimate of drug-likeness (QED) is 0.878. The monoisotopic (exact) mass is 366 g/mol. The van der Waals surface area contributed by atoms with Gasteiger partial charge < -0.3 is 14.8 Å². The highest BCUT2D eigenvalue weighted by atomic mass is 16.7. The fourth-order valence-corrected chi connectivity index (χ4v) is 3.87. The molecule has 0 aromatic heterocycles. The minimum Gasteiger partial charge on any atom is -0.454 e. The Hall–Kier alpha value is -2.53. The SMILES string of the molecule is Cc1cc2c(cc1NC(=O)CN1CCC(Cc3ccccc3)CC1)OCO2. The molecule has 2 aliphatic rings. The van der Waals surface area contributed by atoms with Crippen molar-refractivity contribution in [2.24, 2.45) is 5.92 Å². The fraction of sp³-hybridized carbons (Fsp3) is 0.409. The van der Waals surface area contributed by atoms with Crippen LogP contribution in [-0.4, -0.2) is 37.2 Å². The van der Waals surface area contributed by atoms with E-state index in [0.717, 1.165) is 49.4 Å². The van der Waals surface area contributed by atoms with Crippen LogP contribution in [0.2, 0.25) is 0 Å². The molecule has 5 heteroatoms. The summed E-state index contributed by atoms with van der Waals surface area (Å²) < 4.78 is 10.8. The van der Waals surface area contributed by atoms with E-state index in [1.165, 1.54) is 5.56 Å². The Bertz CT molecular complexity index is 799. The average molecular weight is 366 g/mol. The van der Waals surface area contributed by atoms with Crippen LogP contribution in [0.5, 0.6) is 11.5 Å². The van der Waals surface area contributed by atoms with Crippen molar-refractivity contribution in [3.8, 4) is 11.5 Å². The van der Waals surface area contributed by atoms with Gasteiger partial charge in [-0.2, -0.15) is 0 Å². The first-order valence-corrected chi connectivity index (χ1v) is 9.64. The summed E-state index contributed by atoms with van der Waals surface area (Å²) in [4.78, 5) is 14.7. The zero-order valence-corrected chi connectivity index (χ0v) is 15.7. The van der Waals surface area contributed by atoms with Crippen molar-refractivity contribution in [2.45, 2.75) is 26.2 Å². The van der Waals surface area contributed by atoms with Gasteiger partial charge in [0.05, 0.1) is 6.54 Å². The largest absolute Gasteiger partial charge is 0.454 e. The highest BCUT2D eigenvalue weighted by molar-refractivity contribution is 5.93. The summed E-state index contributed by atoms with van der Waals surface area (Å²) in [6, 6.07) is 14.4. The molecule has 0 spiro atoms. The summed E-state index contributed by atoms with van der Waals surface area (Å²) in [5.74, 6) is 2.17. The van der Waals surface area contributed by atoms with Gasteiger partial charge in [-0.05, 0) is 62.4 Å². The van der Waals surface area contributed by atoms with Gasteiger partial charge in [0, 0.05) is 11.8 Å². The molecule has 4 rings (SSSR count). The molecule has 142 valence electrons.